The van der Waals surface area contributed by atoms with Gasteiger partial charge in [-0.2, -0.15) is 0 Å². The molecule has 12 rings (SSSR count). The van der Waals surface area contributed by atoms with E-state index in [1.165, 1.54) is 24.3 Å². The number of hydrogen-bond donors (Lipinski definition) is 0. The molecule has 0 N–H and O–H groups in total. The molecular weight excluding hydrogens is 728 g/mol. The minimum absolute atomic E-state index is 0.00197. The maximum atomic E-state index is 13.2. The number of ether oxygens (including phenoxy) is 4. The molecule has 4 unspecified atom stereocenters. The second-order valence-corrected chi connectivity index (χ2v) is 15.0. The molecule has 0 aromatic heterocycles. The van der Waals surface area contributed by atoms with Crippen molar-refractivity contribution in [1.29, 1.82) is 0 Å². The van der Waals surface area contributed by atoms with E-state index in [2.05, 4.69) is 9.47 Å². The van der Waals surface area contributed by atoms with Gasteiger partial charge in [0, 0.05) is 23.0 Å². The van der Waals surface area contributed by atoms with Crippen LogP contribution in [0.3, 0.4) is 0 Å². The first-order valence-corrected chi connectivity index (χ1v) is 17.7. The van der Waals surface area contributed by atoms with Gasteiger partial charge in [-0.1, -0.05) is 0 Å². The number of carbonyl (C=O) groups is 10. The van der Waals surface area contributed by atoms with Gasteiger partial charge in [-0.15, -0.1) is 0 Å². The van der Waals surface area contributed by atoms with Crippen LogP contribution < -0.4 is 0 Å². The quantitative estimate of drug-likeness (QED) is 0.136. The smallest absolute Gasteiger partial charge is 0.346 e. The van der Waals surface area contributed by atoms with Crippen molar-refractivity contribution in [2.75, 3.05) is 0 Å². The molecule has 4 aromatic carbocycles. The van der Waals surface area contributed by atoms with E-state index in [1.54, 1.807) is 24.3 Å². The summed E-state index contributed by atoms with van der Waals surface area (Å²) in [5, 5.41) is 0. The van der Waals surface area contributed by atoms with Gasteiger partial charge in [0.2, 0.25) is 0 Å². The number of cyclic esters (lactones) is 8. The van der Waals surface area contributed by atoms with Crippen LogP contribution in [0.25, 0.3) is 0 Å². The number of rotatable bonds is 0. The van der Waals surface area contributed by atoms with E-state index in [1.807, 2.05) is 0 Å². The summed E-state index contributed by atoms with van der Waals surface area (Å²) < 4.78 is 18.7. The summed E-state index contributed by atoms with van der Waals surface area (Å²) in [7, 11) is 0. The minimum atomic E-state index is -0.831. The van der Waals surface area contributed by atoms with Crippen molar-refractivity contribution < 1.29 is 66.9 Å². The predicted octanol–water partition coefficient (Wildman–Crippen LogP) is 4.64. The van der Waals surface area contributed by atoms with Crippen molar-refractivity contribution >= 4 is 59.3 Å². The first-order chi connectivity index (χ1) is 26.8. The molecule has 0 radical (unpaired) electrons. The van der Waals surface area contributed by atoms with E-state index >= 15 is 0 Å². The summed E-state index contributed by atoms with van der Waals surface area (Å²) in [6, 6.07) is 12.5. The molecule has 0 fully saturated rings. The van der Waals surface area contributed by atoms with Crippen LogP contribution in [0.5, 0.6) is 0 Å². The lowest BCUT2D eigenvalue weighted by atomic mass is 9.64. The number of Topliss-reactive ketones (excluding diaryl/α,β-unsaturated/α-hetero) is 2. The van der Waals surface area contributed by atoms with Gasteiger partial charge in [0.1, 0.15) is 0 Å². The average Bonchev–Trinajstić information content (AvgIpc) is 3.83. The number of benzene rings is 4. The lowest BCUT2D eigenvalue weighted by molar-refractivity contribution is 0.0425. The summed E-state index contributed by atoms with van der Waals surface area (Å²) in [5.74, 6) is -7.31. The molecule has 8 aliphatic rings. The third kappa shape index (κ3) is 4.20. The molecule has 56 heavy (non-hydrogen) atoms. The second kappa shape index (κ2) is 10.7. The molecule has 4 heterocycles. The van der Waals surface area contributed by atoms with Gasteiger partial charge in [0.25, 0.3) is 0 Å². The van der Waals surface area contributed by atoms with Crippen molar-refractivity contribution in [2.24, 2.45) is 0 Å². The van der Waals surface area contributed by atoms with E-state index in [0.29, 0.717) is 33.4 Å². The highest BCUT2D eigenvalue weighted by Crippen LogP contribution is 2.50. The topological polar surface area (TPSA) is 208 Å². The van der Waals surface area contributed by atoms with Crippen LogP contribution in [0.15, 0.2) is 48.5 Å². The van der Waals surface area contributed by atoms with Crippen LogP contribution in [0.2, 0.25) is 0 Å². The fourth-order valence-electron chi connectivity index (χ4n) is 9.68. The van der Waals surface area contributed by atoms with Crippen molar-refractivity contribution in [3.63, 3.8) is 0 Å². The number of ketones is 2. The third-order valence-electron chi connectivity index (χ3n) is 12.2. The van der Waals surface area contributed by atoms with Gasteiger partial charge in [-0.05, 0) is 119 Å². The molecule has 14 heteroatoms. The Morgan fingerprint density at radius 2 is 0.607 bits per heavy atom. The molecular formula is C42H20O14. The molecule has 4 aliphatic heterocycles. The molecule has 272 valence electrons. The zero-order valence-electron chi connectivity index (χ0n) is 28.5. The Morgan fingerprint density at radius 1 is 0.321 bits per heavy atom. The average molecular weight is 749 g/mol. The van der Waals surface area contributed by atoms with Gasteiger partial charge < -0.3 is 18.9 Å². The molecule has 4 aliphatic carbocycles. The summed E-state index contributed by atoms with van der Waals surface area (Å²) >= 11 is 0. The summed E-state index contributed by atoms with van der Waals surface area (Å²) in [5.41, 5.74) is 6.75. The van der Waals surface area contributed by atoms with Crippen LogP contribution in [0.4, 0.5) is 0 Å². The third-order valence-corrected chi connectivity index (χ3v) is 12.2. The Morgan fingerprint density at radius 3 is 0.946 bits per heavy atom. The Bertz CT molecular complexity index is 2630. The highest BCUT2D eigenvalue weighted by atomic mass is 16.6. The van der Waals surface area contributed by atoms with E-state index < -0.39 is 59.6 Å². The Kier molecular flexibility index (Phi) is 6.17. The number of fused-ring (bicyclic) bond motifs is 16. The second-order valence-electron chi connectivity index (χ2n) is 15.0. The zero-order chi connectivity index (χ0) is 38.6. The summed E-state index contributed by atoms with van der Waals surface area (Å²) in [6.45, 7) is 0. The molecule has 4 aromatic rings. The Balaban J connectivity index is 0.000000130. The summed E-state index contributed by atoms with van der Waals surface area (Å²) in [4.78, 5) is 121. The van der Waals surface area contributed by atoms with Gasteiger partial charge in [0.15, 0.2) is 11.6 Å². The Labute approximate surface area is 312 Å². The zero-order valence-corrected chi connectivity index (χ0v) is 28.5. The van der Waals surface area contributed by atoms with Gasteiger partial charge in [0.05, 0.1) is 44.5 Å². The molecule has 0 amide bonds. The fourth-order valence-corrected chi connectivity index (χ4v) is 9.68. The molecule has 4 bridgehead atoms. The maximum absolute atomic E-state index is 13.2. The standard InChI is InChI=1S/C21H8O8.C21H12O6/c22-16-8-3-9(7-2-13-15(5-11(7)16)21(27)29-19(13)25)17(23)10-4-14-12(1-6(8)10)18(24)28-20(14)26;22-18-14-4-10-2-8-1-9(13(10)7-17(14)21(25)26-18)3-11-5-15-16(6-12(8)11)20(24)27-19(15)23/h1-2,4-5,8-9H,3H2;4-9H,1-3H2. The van der Waals surface area contributed by atoms with Crippen LogP contribution in [0.1, 0.15) is 173 Å². The van der Waals surface area contributed by atoms with Crippen molar-refractivity contribution in [3.05, 3.63) is 138 Å². The van der Waals surface area contributed by atoms with Crippen molar-refractivity contribution in [2.45, 2.75) is 49.4 Å². The summed E-state index contributed by atoms with van der Waals surface area (Å²) in [6.07, 6.45) is 2.52. The largest absolute Gasteiger partial charge is 0.386 e. The lowest BCUT2D eigenvalue weighted by Crippen LogP contribution is -2.34. The van der Waals surface area contributed by atoms with E-state index in [4.69, 9.17) is 9.47 Å². The highest BCUT2D eigenvalue weighted by Gasteiger charge is 2.48. The molecule has 0 spiro atoms. The number of hydrogen-bond acceptors (Lipinski definition) is 14. The van der Waals surface area contributed by atoms with Gasteiger partial charge in [-0.25, -0.2) is 38.4 Å². The van der Waals surface area contributed by atoms with E-state index in [0.717, 1.165) is 41.5 Å². The normalized spacial score (nSPS) is 23.6. The lowest BCUT2D eigenvalue weighted by Gasteiger charge is -2.38. The van der Waals surface area contributed by atoms with Crippen LogP contribution >= 0.6 is 0 Å². The molecule has 0 saturated carbocycles. The Hall–Kier alpha value is -7.22. The monoisotopic (exact) mass is 748 g/mol. The van der Waals surface area contributed by atoms with Crippen molar-refractivity contribution in [3.8, 4) is 0 Å². The van der Waals surface area contributed by atoms with E-state index in [9.17, 15) is 47.9 Å². The predicted molar refractivity (Wildman–Crippen MR) is 181 cm³/mol. The van der Waals surface area contributed by atoms with Gasteiger partial charge >= 0.3 is 47.8 Å². The first-order valence-electron chi connectivity index (χ1n) is 17.7. The number of carbonyl (C=O) groups excluding carboxylic acids is 10. The van der Waals surface area contributed by atoms with Crippen LogP contribution in [-0.2, 0) is 31.8 Å². The van der Waals surface area contributed by atoms with Crippen LogP contribution in [-0.4, -0.2) is 59.3 Å². The van der Waals surface area contributed by atoms with E-state index in [-0.39, 0.29) is 63.2 Å². The maximum Gasteiger partial charge on any atom is 0.346 e. The molecule has 14 nitrogen and oxygen atoms in total. The SMILES string of the molecule is O=C1OC(=O)c2cc3c(cc21)C(=O)C1CC3C(=O)c2cc3c(cc21)C(=O)OC3=O.O=C1OC(=O)c2cc3c(cc21)CC1CC3Cc2cc3c(cc21)C(=O)OC3=O. The fraction of sp³-hybridized carbons (Fsp3) is 0.190. The minimum Gasteiger partial charge on any atom is -0.386 e. The van der Waals surface area contributed by atoms with Gasteiger partial charge in [-0.3, -0.25) is 9.59 Å². The number of esters is 8. The molecule has 0 saturated heterocycles. The highest BCUT2D eigenvalue weighted by molar-refractivity contribution is 6.21. The molecule has 4 atom stereocenters. The first kappa shape index (κ1) is 32.2. The van der Waals surface area contributed by atoms with Crippen molar-refractivity contribution in [1.82, 2.24) is 0 Å². The van der Waals surface area contributed by atoms with Crippen LogP contribution in [0, 0.1) is 0 Å².